The molecular weight excluding hydrogens is 435 g/mol. The van der Waals surface area contributed by atoms with Crippen LogP contribution in [-0.2, 0) is 11.3 Å². The van der Waals surface area contributed by atoms with Crippen molar-refractivity contribution < 1.29 is 23.1 Å². The zero-order valence-corrected chi connectivity index (χ0v) is 17.5. The Morgan fingerprint density at radius 1 is 1.09 bits per heavy atom. The summed E-state index contributed by atoms with van der Waals surface area (Å²) in [5.41, 5.74) is 0.923. The summed E-state index contributed by atoms with van der Waals surface area (Å²) in [6.45, 7) is 0.466. The van der Waals surface area contributed by atoms with Gasteiger partial charge in [-0.1, -0.05) is 23.9 Å². The summed E-state index contributed by atoms with van der Waals surface area (Å²) in [5.74, 6) is 1.70. The molecule has 1 amide bonds. The standard InChI is InChI=1S/C22H17FN4O4S/c23-17-6-2-1-5-16(17)21-25-26-22(27(21)11-15-4-3-9-29-15)32-12-20(28)24-14-7-8-18-19(10-14)31-13-30-18/h1-10H,11-13H2,(H,24,28). The molecule has 1 aliphatic heterocycles. The Morgan fingerprint density at radius 2 is 1.97 bits per heavy atom. The number of fused-ring (bicyclic) bond motifs is 1. The first-order valence-corrected chi connectivity index (χ1v) is 10.7. The molecule has 162 valence electrons. The molecule has 2 aromatic carbocycles. The lowest BCUT2D eigenvalue weighted by Gasteiger charge is -2.10. The lowest BCUT2D eigenvalue weighted by atomic mass is 10.2. The van der Waals surface area contributed by atoms with E-state index in [2.05, 4.69) is 15.5 Å². The smallest absolute Gasteiger partial charge is 0.234 e. The summed E-state index contributed by atoms with van der Waals surface area (Å²) in [6, 6.07) is 15.1. The second kappa shape index (κ2) is 8.75. The maximum atomic E-state index is 14.4. The molecule has 1 N–H and O–H groups in total. The van der Waals surface area contributed by atoms with Crippen LogP contribution >= 0.6 is 11.8 Å². The number of aromatic nitrogens is 3. The second-order valence-corrected chi connectivity index (χ2v) is 7.80. The van der Waals surface area contributed by atoms with Crippen LogP contribution in [0.5, 0.6) is 11.5 Å². The third-order valence-electron chi connectivity index (χ3n) is 4.71. The SMILES string of the molecule is O=C(CSc1nnc(-c2ccccc2F)n1Cc1ccco1)Nc1ccc2c(c1)OCO2. The van der Waals surface area contributed by atoms with E-state index in [1.807, 2.05) is 6.07 Å². The number of benzene rings is 2. The number of nitrogens with one attached hydrogen (secondary N) is 1. The lowest BCUT2D eigenvalue weighted by Crippen LogP contribution is -2.14. The van der Waals surface area contributed by atoms with Crippen molar-refractivity contribution in [3.8, 4) is 22.9 Å². The highest BCUT2D eigenvalue weighted by Crippen LogP contribution is 2.34. The number of halogens is 1. The molecule has 0 fully saturated rings. The molecule has 0 radical (unpaired) electrons. The van der Waals surface area contributed by atoms with Crippen LogP contribution in [0.1, 0.15) is 5.76 Å². The monoisotopic (exact) mass is 452 g/mol. The Hall–Kier alpha value is -3.79. The molecule has 5 rings (SSSR count). The number of rotatable bonds is 7. The summed E-state index contributed by atoms with van der Waals surface area (Å²) < 4.78 is 32.2. The van der Waals surface area contributed by atoms with E-state index >= 15 is 0 Å². The van der Waals surface area contributed by atoms with Crippen molar-refractivity contribution in [2.24, 2.45) is 0 Å². The van der Waals surface area contributed by atoms with Gasteiger partial charge in [-0.2, -0.15) is 0 Å². The molecule has 0 aliphatic carbocycles. The van der Waals surface area contributed by atoms with Crippen molar-refractivity contribution in [3.63, 3.8) is 0 Å². The normalized spacial score (nSPS) is 12.2. The van der Waals surface area contributed by atoms with Gasteiger partial charge in [0.1, 0.15) is 11.6 Å². The number of carbonyl (C=O) groups is 1. The average Bonchev–Trinajstić information content (AvgIpc) is 3.54. The Balaban J connectivity index is 1.34. The third kappa shape index (κ3) is 4.17. The summed E-state index contributed by atoms with van der Waals surface area (Å²) in [4.78, 5) is 12.5. The number of hydrogen-bond acceptors (Lipinski definition) is 7. The average molecular weight is 452 g/mol. The molecule has 10 heteroatoms. The predicted octanol–water partition coefficient (Wildman–Crippen LogP) is 4.19. The number of amides is 1. The molecule has 0 atom stereocenters. The third-order valence-corrected chi connectivity index (χ3v) is 5.68. The number of anilines is 1. The highest BCUT2D eigenvalue weighted by Gasteiger charge is 2.20. The highest BCUT2D eigenvalue weighted by molar-refractivity contribution is 7.99. The van der Waals surface area contributed by atoms with Crippen LogP contribution in [0.2, 0.25) is 0 Å². The van der Waals surface area contributed by atoms with Crippen molar-refractivity contribution in [2.75, 3.05) is 17.9 Å². The minimum absolute atomic E-state index is 0.0853. The summed E-state index contributed by atoms with van der Waals surface area (Å²) in [6.07, 6.45) is 1.56. The quantitative estimate of drug-likeness (QED) is 0.421. The maximum Gasteiger partial charge on any atom is 0.234 e. The van der Waals surface area contributed by atoms with E-state index in [-0.39, 0.29) is 18.5 Å². The summed E-state index contributed by atoms with van der Waals surface area (Å²) in [5, 5.41) is 11.7. The minimum Gasteiger partial charge on any atom is -0.467 e. The molecule has 0 saturated heterocycles. The Morgan fingerprint density at radius 3 is 2.81 bits per heavy atom. The molecular formula is C22H17FN4O4S. The van der Waals surface area contributed by atoms with Crippen molar-refractivity contribution >= 4 is 23.4 Å². The number of nitrogens with zero attached hydrogens (tertiary/aromatic N) is 3. The van der Waals surface area contributed by atoms with Gasteiger partial charge >= 0.3 is 0 Å². The Bertz CT molecular complexity index is 1260. The van der Waals surface area contributed by atoms with Crippen LogP contribution in [0, 0.1) is 5.82 Å². The van der Waals surface area contributed by atoms with E-state index < -0.39 is 5.82 Å². The summed E-state index contributed by atoms with van der Waals surface area (Å²) >= 11 is 1.20. The van der Waals surface area contributed by atoms with Gasteiger partial charge in [-0.15, -0.1) is 10.2 Å². The van der Waals surface area contributed by atoms with Crippen molar-refractivity contribution in [2.45, 2.75) is 11.7 Å². The molecule has 0 spiro atoms. The van der Waals surface area contributed by atoms with Gasteiger partial charge in [-0.05, 0) is 36.4 Å². The van der Waals surface area contributed by atoms with Crippen LogP contribution in [0.4, 0.5) is 10.1 Å². The molecule has 0 bridgehead atoms. The van der Waals surface area contributed by atoms with E-state index in [1.165, 1.54) is 17.8 Å². The van der Waals surface area contributed by atoms with Gasteiger partial charge in [0, 0.05) is 11.8 Å². The Labute approximate surface area is 186 Å². The highest BCUT2D eigenvalue weighted by atomic mass is 32.2. The number of ether oxygens (including phenoxy) is 2. The van der Waals surface area contributed by atoms with Gasteiger partial charge < -0.3 is 19.2 Å². The van der Waals surface area contributed by atoms with Gasteiger partial charge in [0.15, 0.2) is 22.5 Å². The predicted molar refractivity (Wildman–Crippen MR) is 115 cm³/mol. The first kappa shape index (κ1) is 20.1. The van der Waals surface area contributed by atoms with Crippen LogP contribution in [0.15, 0.2) is 70.4 Å². The number of hydrogen-bond donors (Lipinski definition) is 1. The molecule has 3 heterocycles. The molecule has 8 nitrogen and oxygen atoms in total. The summed E-state index contributed by atoms with van der Waals surface area (Å²) in [7, 11) is 0. The van der Waals surface area contributed by atoms with Gasteiger partial charge in [0.2, 0.25) is 12.7 Å². The van der Waals surface area contributed by atoms with Gasteiger partial charge in [0.25, 0.3) is 0 Å². The number of carbonyl (C=O) groups excluding carboxylic acids is 1. The van der Waals surface area contributed by atoms with Crippen molar-refractivity contribution in [1.82, 2.24) is 14.8 Å². The molecule has 4 aromatic rings. The minimum atomic E-state index is -0.405. The molecule has 0 unspecified atom stereocenters. The Kier molecular flexibility index (Phi) is 5.51. The zero-order valence-electron chi connectivity index (χ0n) is 16.7. The first-order chi connectivity index (χ1) is 15.7. The fraction of sp³-hybridized carbons (Fsp3) is 0.136. The second-order valence-electron chi connectivity index (χ2n) is 6.86. The zero-order chi connectivity index (χ0) is 21.9. The van der Waals surface area contributed by atoms with Gasteiger partial charge in [-0.3, -0.25) is 9.36 Å². The fourth-order valence-electron chi connectivity index (χ4n) is 3.24. The van der Waals surface area contributed by atoms with Crippen LogP contribution in [0.3, 0.4) is 0 Å². The molecule has 0 saturated carbocycles. The van der Waals surface area contributed by atoms with Gasteiger partial charge in [0.05, 0.1) is 24.1 Å². The first-order valence-electron chi connectivity index (χ1n) is 9.70. The van der Waals surface area contributed by atoms with E-state index in [0.29, 0.717) is 46.0 Å². The number of furan rings is 1. The van der Waals surface area contributed by atoms with Crippen LogP contribution < -0.4 is 14.8 Å². The van der Waals surface area contributed by atoms with E-state index in [0.717, 1.165) is 0 Å². The molecule has 2 aromatic heterocycles. The topological polar surface area (TPSA) is 91.4 Å². The molecule has 1 aliphatic rings. The fourth-order valence-corrected chi connectivity index (χ4v) is 3.98. The van der Waals surface area contributed by atoms with Crippen LogP contribution in [-0.4, -0.2) is 33.2 Å². The maximum absolute atomic E-state index is 14.4. The lowest BCUT2D eigenvalue weighted by molar-refractivity contribution is -0.113. The van der Waals surface area contributed by atoms with E-state index in [9.17, 15) is 9.18 Å². The van der Waals surface area contributed by atoms with Crippen molar-refractivity contribution in [1.29, 1.82) is 0 Å². The van der Waals surface area contributed by atoms with E-state index in [4.69, 9.17) is 13.9 Å². The van der Waals surface area contributed by atoms with Crippen molar-refractivity contribution in [3.05, 3.63) is 72.4 Å². The molecule has 32 heavy (non-hydrogen) atoms. The largest absolute Gasteiger partial charge is 0.467 e. The van der Waals surface area contributed by atoms with E-state index in [1.54, 1.807) is 53.3 Å². The number of thioether (sulfide) groups is 1. The van der Waals surface area contributed by atoms with Gasteiger partial charge in [-0.25, -0.2) is 4.39 Å². The van der Waals surface area contributed by atoms with Crippen LogP contribution in [0.25, 0.3) is 11.4 Å².